The van der Waals surface area contributed by atoms with Crippen molar-refractivity contribution in [2.75, 3.05) is 11.9 Å². The highest BCUT2D eigenvalue weighted by Gasteiger charge is 2.04. The molecule has 0 atom stereocenters. The molecule has 28 heavy (non-hydrogen) atoms. The number of ether oxygens (including phenoxy) is 1. The average Bonchev–Trinajstić information content (AvgIpc) is 2.74. The van der Waals surface area contributed by atoms with E-state index in [-0.39, 0.29) is 18.4 Å². The van der Waals surface area contributed by atoms with Gasteiger partial charge in [-0.3, -0.25) is 9.59 Å². The zero-order valence-corrected chi connectivity index (χ0v) is 15.2. The first-order chi connectivity index (χ1) is 13.7. The molecule has 0 aliphatic carbocycles. The highest BCUT2D eigenvalue weighted by molar-refractivity contribution is 5.98. The molecular formula is C23H20N2O3. The molecule has 0 saturated carbocycles. The van der Waals surface area contributed by atoms with Crippen molar-refractivity contribution in [3.63, 3.8) is 0 Å². The van der Waals surface area contributed by atoms with E-state index < -0.39 is 0 Å². The Labute approximate surface area is 163 Å². The molecule has 140 valence electrons. The molecule has 3 aromatic rings. The fourth-order valence-corrected chi connectivity index (χ4v) is 2.40. The van der Waals surface area contributed by atoms with E-state index in [1.54, 1.807) is 30.3 Å². The van der Waals surface area contributed by atoms with Gasteiger partial charge in [0, 0.05) is 11.8 Å². The predicted octanol–water partition coefficient (Wildman–Crippen LogP) is 4.25. The van der Waals surface area contributed by atoms with Crippen molar-refractivity contribution in [1.29, 1.82) is 0 Å². The summed E-state index contributed by atoms with van der Waals surface area (Å²) in [7, 11) is 0. The third-order valence-electron chi connectivity index (χ3n) is 3.77. The molecule has 3 aromatic carbocycles. The second-order valence-electron chi connectivity index (χ2n) is 5.95. The van der Waals surface area contributed by atoms with Crippen LogP contribution >= 0.6 is 0 Å². The number of para-hydroxylation sites is 1. The van der Waals surface area contributed by atoms with Gasteiger partial charge in [0.2, 0.25) is 11.8 Å². The van der Waals surface area contributed by atoms with Crippen LogP contribution < -0.4 is 15.4 Å². The van der Waals surface area contributed by atoms with Crippen LogP contribution in [0.25, 0.3) is 6.08 Å². The molecule has 0 bridgehead atoms. The third-order valence-corrected chi connectivity index (χ3v) is 3.77. The van der Waals surface area contributed by atoms with Gasteiger partial charge in [-0.15, -0.1) is 0 Å². The molecule has 0 aliphatic rings. The van der Waals surface area contributed by atoms with Crippen molar-refractivity contribution in [3.05, 3.63) is 96.6 Å². The number of nitrogens with one attached hydrogen (secondary N) is 2. The van der Waals surface area contributed by atoms with Crippen molar-refractivity contribution in [3.8, 4) is 11.5 Å². The summed E-state index contributed by atoms with van der Waals surface area (Å²) in [6.45, 7) is -0.111. The van der Waals surface area contributed by atoms with Gasteiger partial charge in [-0.2, -0.15) is 0 Å². The molecule has 0 fully saturated rings. The number of rotatable bonds is 7. The Bertz CT molecular complexity index is 937. The first-order valence-corrected chi connectivity index (χ1v) is 8.83. The summed E-state index contributed by atoms with van der Waals surface area (Å²) in [5.74, 6) is 0.776. The summed E-state index contributed by atoms with van der Waals surface area (Å²) < 4.78 is 5.70. The second kappa shape index (κ2) is 9.73. The van der Waals surface area contributed by atoms with E-state index in [2.05, 4.69) is 10.6 Å². The Morgan fingerprint density at radius 2 is 1.39 bits per heavy atom. The van der Waals surface area contributed by atoms with Gasteiger partial charge in [0.1, 0.15) is 11.5 Å². The number of hydrogen-bond donors (Lipinski definition) is 2. The maximum absolute atomic E-state index is 12.0. The number of carbonyl (C=O) groups is 2. The number of anilines is 1. The minimum Gasteiger partial charge on any atom is -0.457 e. The molecule has 0 aromatic heterocycles. The molecule has 3 rings (SSSR count). The summed E-state index contributed by atoms with van der Waals surface area (Å²) in [5.41, 5.74) is 1.54. The van der Waals surface area contributed by atoms with Crippen LogP contribution in [0.3, 0.4) is 0 Å². The van der Waals surface area contributed by atoms with E-state index in [9.17, 15) is 9.59 Å². The van der Waals surface area contributed by atoms with Crippen LogP contribution in [0.5, 0.6) is 11.5 Å². The normalized spacial score (nSPS) is 10.4. The van der Waals surface area contributed by atoms with Crippen LogP contribution in [-0.2, 0) is 9.59 Å². The van der Waals surface area contributed by atoms with E-state index in [1.807, 2.05) is 60.7 Å². The molecule has 0 spiro atoms. The SMILES string of the molecule is O=C(/C=C/c1ccccc1)NCC(=O)Nc1ccc(Oc2ccccc2)cc1. The Kier molecular flexibility index (Phi) is 6.57. The molecule has 0 aliphatic heterocycles. The lowest BCUT2D eigenvalue weighted by atomic mass is 10.2. The standard InChI is InChI=1S/C23H20N2O3/c26-22(16-11-18-7-3-1-4-8-18)24-17-23(27)25-19-12-14-21(15-13-19)28-20-9-5-2-6-10-20/h1-16H,17H2,(H,24,26)(H,25,27)/b16-11+. The Morgan fingerprint density at radius 3 is 2.07 bits per heavy atom. The fourth-order valence-electron chi connectivity index (χ4n) is 2.40. The van der Waals surface area contributed by atoms with Crippen molar-refractivity contribution < 1.29 is 14.3 Å². The van der Waals surface area contributed by atoms with Crippen LogP contribution in [0.1, 0.15) is 5.56 Å². The third kappa shape index (κ3) is 6.14. The maximum atomic E-state index is 12.0. The minimum absolute atomic E-state index is 0.111. The van der Waals surface area contributed by atoms with E-state index in [1.165, 1.54) is 6.08 Å². The number of hydrogen-bond acceptors (Lipinski definition) is 3. The Hall–Kier alpha value is -3.86. The van der Waals surface area contributed by atoms with Crippen molar-refractivity contribution >= 4 is 23.6 Å². The van der Waals surface area contributed by atoms with Crippen molar-refractivity contribution in [2.24, 2.45) is 0 Å². The fraction of sp³-hybridized carbons (Fsp3) is 0.0435. The highest BCUT2D eigenvalue weighted by atomic mass is 16.5. The second-order valence-corrected chi connectivity index (χ2v) is 5.95. The lowest BCUT2D eigenvalue weighted by Gasteiger charge is -2.08. The lowest BCUT2D eigenvalue weighted by Crippen LogP contribution is -2.31. The number of benzene rings is 3. The van der Waals surface area contributed by atoms with E-state index >= 15 is 0 Å². The summed E-state index contributed by atoms with van der Waals surface area (Å²) in [6.07, 6.45) is 3.09. The number of amides is 2. The summed E-state index contributed by atoms with van der Waals surface area (Å²) in [5, 5.41) is 5.28. The summed E-state index contributed by atoms with van der Waals surface area (Å²) >= 11 is 0. The van der Waals surface area contributed by atoms with Gasteiger partial charge >= 0.3 is 0 Å². The smallest absolute Gasteiger partial charge is 0.244 e. The molecule has 5 nitrogen and oxygen atoms in total. The number of carbonyl (C=O) groups excluding carboxylic acids is 2. The summed E-state index contributed by atoms with van der Waals surface area (Å²) in [6, 6.07) is 25.9. The largest absolute Gasteiger partial charge is 0.457 e. The first kappa shape index (κ1) is 18.9. The topological polar surface area (TPSA) is 67.4 Å². The molecular weight excluding hydrogens is 352 g/mol. The van der Waals surface area contributed by atoms with Crippen LogP contribution in [0.15, 0.2) is 91.0 Å². The lowest BCUT2D eigenvalue weighted by molar-refractivity contribution is -0.121. The molecule has 0 radical (unpaired) electrons. The Balaban J connectivity index is 1.44. The van der Waals surface area contributed by atoms with Crippen LogP contribution in [-0.4, -0.2) is 18.4 Å². The van der Waals surface area contributed by atoms with Gasteiger partial charge in [0.05, 0.1) is 6.54 Å². The van der Waals surface area contributed by atoms with Gasteiger partial charge in [-0.25, -0.2) is 0 Å². The van der Waals surface area contributed by atoms with Gasteiger partial charge < -0.3 is 15.4 Å². The molecule has 0 unspecified atom stereocenters. The molecule has 5 heteroatoms. The van der Waals surface area contributed by atoms with Crippen LogP contribution in [0.4, 0.5) is 5.69 Å². The van der Waals surface area contributed by atoms with Crippen LogP contribution in [0, 0.1) is 0 Å². The van der Waals surface area contributed by atoms with E-state index in [0.717, 1.165) is 11.3 Å². The van der Waals surface area contributed by atoms with Gasteiger partial charge in [-0.05, 0) is 48.0 Å². The van der Waals surface area contributed by atoms with Gasteiger partial charge in [0.15, 0.2) is 0 Å². The van der Waals surface area contributed by atoms with Crippen molar-refractivity contribution in [2.45, 2.75) is 0 Å². The van der Waals surface area contributed by atoms with E-state index in [0.29, 0.717) is 11.4 Å². The van der Waals surface area contributed by atoms with Gasteiger partial charge in [-0.1, -0.05) is 48.5 Å². The average molecular weight is 372 g/mol. The first-order valence-electron chi connectivity index (χ1n) is 8.83. The zero-order chi connectivity index (χ0) is 19.6. The molecule has 2 amide bonds. The molecule has 0 saturated heterocycles. The molecule has 0 heterocycles. The quantitative estimate of drug-likeness (QED) is 0.610. The minimum atomic E-state index is -0.328. The Morgan fingerprint density at radius 1 is 0.786 bits per heavy atom. The molecule has 2 N–H and O–H groups in total. The predicted molar refractivity (Wildman–Crippen MR) is 110 cm³/mol. The van der Waals surface area contributed by atoms with E-state index in [4.69, 9.17) is 4.74 Å². The van der Waals surface area contributed by atoms with Gasteiger partial charge in [0.25, 0.3) is 0 Å². The highest BCUT2D eigenvalue weighted by Crippen LogP contribution is 2.22. The summed E-state index contributed by atoms with van der Waals surface area (Å²) in [4.78, 5) is 23.8. The van der Waals surface area contributed by atoms with Crippen molar-refractivity contribution in [1.82, 2.24) is 5.32 Å². The zero-order valence-electron chi connectivity index (χ0n) is 15.2. The monoisotopic (exact) mass is 372 g/mol. The van der Waals surface area contributed by atoms with Crippen LogP contribution in [0.2, 0.25) is 0 Å². The maximum Gasteiger partial charge on any atom is 0.244 e.